The Morgan fingerprint density at radius 2 is 2.19 bits per heavy atom. The van der Waals surface area contributed by atoms with Crippen molar-refractivity contribution in [1.29, 1.82) is 0 Å². The lowest BCUT2D eigenvalue weighted by Crippen LogP contribution is -2.38. The summed E-state index contributed by atoms with van der Waals surface area (Å²) in [6.07, 6.45) is -1.47. The lowest BCUT2D eigenvalue weighted by atomic mass is 10.1. The molecule has 92 valence electrons. The molecule has 0 saturated carbocycles. The van der Waals surface area contributed by atoms with Gasteiger partial charge in [-0.05, 0) is 13.3 Å². The number of esters is 1. The number of rotatable bonds is 5. The molecule has 6 heteroatoms. The molecule has 0 aromatic heterocycles. The maximum absolute atomic E-state index is 11.1. The van der Waals surface area contributed by atoms with E-state index in [-0.39, 0.29) is 11.7 Å². The van der Waals surface area contributed by atoms with E-state index >= 15 is 0 Å². The molecule has 0 saturated heterocycles. The first-order valence-corrected chi connectivity index (χ1v) is 5.20. The largest absolute Gasteiger partial charge is 0.501 e. The predicted molar refractivity (Wildman–Crippen MR) is 55.5 cm³/mol. The van der Waals surface area contributed by atoms with Crippen molar-refractivity contribution < 1.29 is 24.9 Å². The van der Waals surface area contributed by atoms with Gasteiger partial charge in [-0.15, -0.1) is 0 Å². The highest BCUT2D eigenvalue weighted by molar-refractivity contribution is 5.89. The number of aliphatic hydroxyl groups is 3. The molecular formula is C10H17NO5. The lowest BCUT2D eigenvalue weighted by molar-refractivity contribution is -0.147. The van der Waals surface area contributed by atoms with Crippen LogP contribution in [0.4, 0.5) is 0 Å². The summed E-state index contributed by atoms with van der Waals surface area (Å²) in [7, 11) is 0. The van der Waals surface area contributed by atoms with Crippen LogP contribution in [0.1, 0.15) is 20.3 Å². The fourth-order valence-electron chi connectivity index (χ4n) is 1.36. The van der Waals surface area contributed by atoms with E-state index in [9.17, 15) is 15.0 Å². The van der Waals surface area contributed by atoms with E-state index in [2.05, 4.69) is 5.32 Å². The second kappa shape index (κ2) is 5.18. The van der Waals surface area contributed by atoms with E-state index in [0.717, 1.165) is 6.42 Å². The fraction of sp³-hybridized carbons (Fsp3) is 0.700. The van der Waals surface area contributed by atoms with Crippen LogP contribution in [0.2, 0.25) is 0 Å². The Morgan fingerprint density at radius 3 is 2.69 bits per heavy atom. The molecule has 1 aliphatic heterocycles. The number of hydrogen-bond donors (Lipinski definition) is 4. The minimum atomic E-state index is -1.24. The standard InChI is InChI=1S/C10H17NO5/c1-3-5(2)11-7-8(14)10(15)16-9(7)6(13)4-12/h5-6,9,11-14H,3-4H2,1-2H3. The Morgan fingerprint density at radius 1 is 1.56 bits per heavy atom. The van der Waals surface area contributed by atoms with Crippen LogP contribution in [0.3, 0.4) is 0 Å². The molecule has 0 aromatic rings. The summed E-state index contributed by atoms with van der Waals surface area (Å²) in [5.41, 5.74) is 0.140. The van der Waals surface area contributed by atoms with Crippen LogP contribution in [-0.4, -0.2) is 46.1 Å². The SMILES string of the molecule is CCC(C)NC1=C(O)C(=O)OC1C(O)CO. The van der Waals surface area contributed by atoms with Crippen LogP contribution < -0.4 is 5.32 Å². The van der Waals surface area contributed by atoms with Crippen LogP contribution >= 0.6 is 0 Å². The third kappa shape index (κ3) is 2.45. The second-order valence-corrected chi connectivity index (χ2v) is 3.79. The molecular weight excluding hydrogens is 214 g/mol. The summed E-state index contributed by atoms with van der Waals surface area (Å²) in [5.74, 6) is -1.42. The third-order valence-corrected chi connectivity index (χ3v) is 2.52. The average Bonchev–Trinajstić information content (AvgIpc) is 2.56. The van der Waals surface area contributed by atoms with Crippen molar-refractivity contribution in [2.45, 2.75) is 38.5 Å². The predicted octanol–water partition coefficient (Wildman–Crippen LogP) is -0.577. The Labute approximate surface area is 93.5 Å². The van der Waals surface area contributed by atoms with Crippen LogP contribution in [0, 0.1) is 0 Å². The number of carbonyl (C=O) groups is 1. The molecule has 4 N–H and O–H groups in total. The first kappa shape index (κ1) is 12.8. The van der Waals surface area contributed by atoms with Gasteiger partial charge in [0.05, 0.1) is 6.61 Å². The third-order valence-electron chi connectivity index (χ3n) is 2.52. The smallest absolute Gasteiger partial charge is 0.376 e. The molecule has 0 radical (unpaired) electrons. The summed E-state index contributed by atoms with van der Waals surface area (Å²) in [6.45, 7) is 3.26. The summed E-state index contributed by atoms with van der Waals surface area (Å²) in [4.78, 5) is 11.1. The number of hydrogen-bond acceptors (Lipinski definition) is 6. The van der Waals surface area contributed by atoms with Crippen molar-refractivity contribution in [2.24, 2.45) is 0 Å². The Kier molecular flexibility index (Phi) is 4.14. The van der Waals surface area contributed by atoms with Gasteiger partial charge in [-0.25, -0.2) is 4.79 Å². The van der Waals surface area contributed by atoms with Crippen molar-refractivity contribution in [1.82, 2.24) is 5.32 Å². The Balaban J connectivity index is 2.84. The van der Waals surface area contributed by atoms with E-state index < -0.39 is 30.5 Å². The second-order valence-electron chi connectivity index (χ2n) is 3.79. The van der Waals surface area contributed by atoms with Gasteiger partial charge >= 0.3 is 5.97 Å². The van der Waals surface area contributed by atoms with Gasteiger partial charge in [-0.3, -0.25) is 0 Å². The summed E-state index contributed by atoms with van der Waals surface area (Å²) in [5, 5.41) is 30.6. The maximum Gasteiger partial charge on any atom is 0.376 e. The molecule has 1 aliphatic rings. The molecule has 3 atom stereocenters. The van der Waals surface area contributed by atoms with Gasteiger partial charge in [-0.1, -0.05) is 6.92 Å². The fourth-order valence-corrected chi connectivity index (χ4v) is 1.36. The summed E-state index contributed by atoms with van der Waals surface area (Å²) >= 11 is 0. The first-order chi connectivity index (χ1) is 7.51. The Hall–Kier alpha value is -1.27. The Bertz CT molecular complexity index is 302. The van der Waals surface area contributed by atoms with E-state index in [1.807, 2.05) is 13.8 Å². The van der Waals surface area contributed by atoms with Crippen LogP contribution in [-0.2, 0) is 9.53 Å². The van der Waals surface area contributed by atoms with Gasteiger partial charge in [0, 0.05) is 6.04 Å². The quantitative estimate of drug-likeness (QED) is 0.473. The monoisotopic (exact) mass is 231 g/mol. The summed E-state index contributed by atoms with van der Waals surface area (Å²) in [6, 6.07) is 0.0278. The number of nitrogens with one attached hydrogen (secondary N) is 1. The van der Waals surface area contributed by atoms with E-state index in [1.165, 1.54) is 0 Å². The zero-order chi connectivity index (χ0) is 12.3. The van der Waals surface area contributed by atoms with Gasteiger partial charge < -0.3 is 25.4 Å². The highest BCUT2D eigenvalue weighted by Crippen LogP contribution is 2.22. The molecule has 1 heterocycles. The zero-order valence-electron chi connectivity index (χ0n) is 9.30. The molecule has 6 nitrogen and oxygen atoms in total. The first-order valence-electron chi connectivity index (χ1n) is 5.20. The molecule has 0 spiro atoms. The molecule has 0 bridgehead atoms. The molecule has 0 amide bonds. The number of ether oxygens (including phenoxy) is 1. The highest BCUT2D eigenvalue weighted by atomic mass is 16.6. The van der Waals surface area contributed by atoms with Gasteiger partial charge in [0.15, 0.2) is 6.10 Å². The van der Waals surface area contributed by atoms with Crippen molar-refractivity contribution in [3.8, 4) is 0 Å². The molecule has 3 unspecified atom stereocenters. The van der Waals surface area contributed by atoms with Crippen LogP contribution in [0.5, 0.6) is 0 Å². The van der Waals surface area contributed by atoms with Crippen LogP contribution in [0.25, 0.3) is 0 Å². The van der Waals surface area contributed by atoms with Crippen LogP contribution in [0.15, 0.2) is 11.5 Å². The number of carbonyl (C=O) groups excluding carboxylic acids is 1. The van der Waals surface area contributed by atoms with E-state index in [4.69, 9.17) is 9.84 Å². The molecule has 0 fully saturated rings. The van der Waals surface area contributed by atoms with Crippen molar-refractivity contribution in [3.63, 3.8) is 0 Å². The van der Waals surface area contributed by atoms with Crippen molar-refractivity contribution in [3.05, 3.63) is 11.5 Å². The molecule has 0 aliphatic carbocycles. The van der Waals surface area contributed by atoms with Crippen molar-refractivity contribution >= 4 is 5.97 Å². The number of cyclic esters (lactones) is 1. The molecule has 16 heavy (non-hydrogen) atoms. The zero-order valence-corrected chi connectivity index (χ0v) is 9.30. The number of aliphatic hydroxyl groups excluding tert-OH is 3. The topological polar surface area (TPSA) is 99.0 Å². The average molecular weight is 231 g/mol. The minimum absolute atomic E-state index is 0.0278. The van der Waals surface area contributed by atoms with E-state index in [1.54, 1.807) is 0 Å². The lowest BCUT2D eigenvalue weighted by Gasteiger charge is -2.21. The van der Waals surface area contributed by atoms with Gasteiger partial charge in [0.2, 0.25) is 5.76 Å². The van der Waals surface area contributed by atoms with Gasteiger partial charge in [0.1, 0.15) is 11.8 Å². The maximum atomic E-state index is 11.1. The molecule has 1 rings (SSSR count). The summed E-state index contributed by atoms with van der Waals surface area (Å²) < 4.78 is 4.75. The van der Waals surface area contributed by atoms with Crippen molar-refractivity contribution in [2.75, 3.05) is 6.61 Å². The normalized spacial score (nSPS) is 24.2. The highest BCUT2D eigenvalue weighted by Gasteiger charge is 2.39. The minimum Gasteiger partial charge on any atom is -0.501 e. The van der Waals surface area contributed by atoms with Gasteiger partial charge in [-0.2, -0.15) is 0 Å². The van der Waals surface area contributed by atoms with Gasteiger partial charge in [0.25, 0.3) is 0 Å². The molecule has 0 aromatic carbocycles. The van der Waals surface area contributed by atoms with E-state index in [0.29, 0.717) is 0 Å².